The first-order chi connectivity index (χ1) is 8.75. The molecule has 0 spiro atoms. The molecule has 1 fully saturated rings. The van der Waals surface area contributed by atoms with Crippen LogP contribution in [0, 0.1) is 0 Å². The van der Waals surface area contributed by atoms with Crippen LogP contribution in [0.3, 0.4) is 0 Å². The molecule has 19 heavy (non-hydrogen) atoms. The highest BCUT2D eigenvalue weighted by Crippen LogP contribution is 2.38. The molecule has 104 valence electrons. The van der Waals surface area contributed by atoms with E-state index < -0.39 is 7.12 Å². The van der Waals surface area contributed by atoms with Crippen molar-refractivity contribution in [3.8, 4) is 0 Å². The molecule has 1 aromatic heterocycles. The summed E-state index contributed by atoms with van der Waals surface area (Å²) in [5, 5.41) is 0. The van der Waals surface area contributed by atoms with Crippen molar-refractivity contribution >= 4 is 13.2 Å². The van der Waals surface area contributed by atoms with Crippen LogP contribution in [0.2, 0.25) is 0 Å². The second-order valence-corrected chi connectivity index (χ2v) is 5.98. The standard InChI is InChI=1S/C13H22BN3O2/c1-12(2)13(3,4)19-14(18-12)10(7-15)6-11-8-17(5)9-16-11/h6,8-9H,7,15H2,1-5H3. The Morgan fingerprint density at radius 1 is 1.37 bits per heavy atom. The Morgan fingerprint density at radius 3 is 2.37 bits per heavy atom. The van der Waals surface area contributed by atoms with E-state index in [4.69, 9.17) is 15.0 Å². The second kappa shape index (κ2) is 4.78. The molecule has 6 heteroatoms. The minimum Gasteiger partial charge on any atom is -0.400 e. The Morgan fingerprint density at radius 2 is 1.95 bits per heavy atom. The lowest BCUT2D eigenvalue weighted by molar-refractivity contribution is 0.00578. The van der Waals surface area contributed by atoms with E-state index in [0.717, 1.165) is 11.2 Å². The summed E-state index contributed by atoms with van der Waals surface area (Å²) in [4.78, 5) is 4.27. The van der Waals surface area contributed by atoms with Gasteiger partial charge < -0.3 is 19.6 Å². The first-order valence-electron chi connectivity index (χ1n) is 6.49. The molecule has 0 atom stereocenters. The van der Waals surface area contributed by atoms with Crippen molar-refractivity contribution in [3.05, 3.63) is 23.7 Å². The average Bonchev–Trinajstić information content (AvgIpc) is 2.78. The fraction of sp³-hybridized carbons (Fsp3) is 0.615. The molecule has 2 rings (SSSR count). The van der Waals surface area contributed by atoms with Crippen LogP contribution in [0.25, 0.3) is 6.08 Å². The van der Waals surface area contributed by atoms with E-state index in [-0.39, 0.29) is 11.2 Å². The third kappa shape index (κ3) is 2.75. The topological polar surface area (TPSA) is 62.3 Å². The summed E-state index contributed by atoms with van der Waals surface area (Å²) < 4.78 is 13.9. The quantitative estimate of drug-likeness (QED) is 0.837. The fourth-order valence-electron chi connectivity index (χ4n) is 1.92. The van der Waals surface area contributed by atoms with Crippen LogP contribution in [0.5, 0.6) is 0 Å². The molecular formula is C13H22BN3O2. The number of nitrogens with zero attached hydrogens (tertiary/aromatic N) is 2. The van der Waals surface area contributed by atoms with Crippen molar-refractivity contribution in [1.82, 2.24) is 9.55 Å². The number of nitrogens with two attached hydrogens (primary N) is 1. The molecule has 2 heterocycles. The number of aromatic nitrogens is 2. The van der Waals surface area contributed by atoms with E-state index >= 15 is 0 Å². The van der Waals surface area contributed by atoms with Gasteiger partial charge in [0.15, 0.2) is 0 Å². The Kier molecular flexibility index (Phi) is 3.60. The van der Waals surface area contributed by atoms with Gasteiger partial charge in [0.1, 0.15) is 0 Å². The van der Waals surface area contributed by atoms with Crippen molar-refractivity contribution < 1.29 is 9.31 Å². The van der Waals surface area contributed by atoms with E-state index in [9.17, 15) is 0 Å². The molecule has 0 aromatic carbocycles. The highest BCUT2D eigenvalue weighted by atomic mass is 16.7. The minimum atomic E-state index is -0.406. The lowest BCUT2D eigenvalue weighted by atomic mass is 9.77. The first-order valence-corrected chi connectivity index (χ1v) is 6.49. The van der Waals surface area contributed by atoms with Crippen LogP contribution in [0.1, 0.15) is 33.4 Å². The van der Waals surface area contributed by atoms with Gasteiger partial charge in [-0.25, -0.2) is 4.98 Å². The zero-order valence-corrected chi connectivity index (χ0v) is 12.3. The predicted molar refractivity (Wildman–Crippen MR) is 76.3 cm³/mol. The minimum absolute atomic E-state index is 0.351. The molecule has 0 bridgehead atoms. The van der Waals surface area contributed by atoms with Gasteiger partial charge in [-0.1, -0.05) is 0 Å². The smallest absolute Gasteiger partial charge is 0.400 e. The summed E-state index contributed by atoms with van der Waals surface area (Å²) in [5.41, 5.74) is 6.88. The van der Waals surface area contributed by atoms with E-state index in [2.05, 4.69) is 4.98 Å². The van der Waals surface area contributed by atoms with Gasteiger partial charge in [-0.15, -0.1) is 0 Å². The molecule has 0 amide bonds. The van der Waals surface area contributed by atoms with E-state index in [1.54, 1.807) is 6.33 Å². The van der Waals surface area contributed by atoms with Crippen molar-refractivity contribution in [3.63, 3.8) is 0 Å². The number of hydrogen-bond donors (Lipinski definition) is 1. The van der Waals surface area contributed by atoms with Crippen LogP contribution >= 0.6 is 0 Å². The molecule has 1 aromatic rings. The number of hydrogen-bond acceptors (Lipinski definition) is 4. The second-order valence-electron chi connectivity index (χ2n) is 5.98. The van der Waals surface area contributed by atoms with E-state index in [1.165, 1.54) is 0 Å². The SMILES string of the molecule is Cn1cnc(C=C(CN)B2OC(C)(C)C(C)(C)O2)c1. The summed E-state index contributed by atoms with van der Waals surface area (Å²) in [5.74, 6) is 0. The third-order valence-electron chi connectivity index (χ3n) is 3.85. The zero-order chi connectivity index (χ0) is 14.3. The molecule has 0 aliphatic carbocycles. The van der Waals surface area contributed by atoms with Gasteiger partial charge in [0.2, 0.25) is 0 Å². The highest BCUT2D eigenvalue weighted by Gasteiger charge is 2.52. The molecule has 5 nitrogen and oxygen atoms in total. The summed E-state index contributed by atoms with van der Waals surface area (Å²) in [6.07, 6.45) is 5.62. The van der Waals surface area contributed by atoms with Gasteiger partial charge in [0.25, 0.3) is 0 Å². The van der Waals surface area contributed by atoms with Gasteiger partial charge >= 0.3 is 7.12 Å². The molecule has 1 aliphatic heterocycles. The van der Waals surface area contributed by atoms with Crippen LogP contribution in [0.4, 0.5) is 0 Å². The number of aryl methyl sites for hydroxylation is 1. The summed E-state index contributed by atoms with van der Waals surface area (Å²) >= 11 is 0. The fourth-order valence-corrected chi connectivity index (χ4v) is 1.92. The molecule has 1 aliphatic rings. The highest BCUT2D eigenvalue weighted by molar-refractivity contribution is 6.55. The van der Waals surface area contributed by atoms with Crippen molar-refractivity contribution in [2.24, 2.45) is 12.8 Å². The molecule has 0 radical (unpaired) electrons. The third-order valence-corrected chi connectivity index (χ3v) is 3.85. The van der Waals surface area contributed by atoms with E-state index in [1.807, 2.05) is 51.6 Å². The molecule has 0 saturated carbocycles. The maximum atomic E-state index is 5.99. The van der Waals surface area contributed by atoms with Crippen molar-refractivity contribution in [2.75, 3.05) is 6.54 Å². The van der Waals surface area contributed by atoms with E-state index in [0.29, 0.717) is 6.54 Å². The van der Waals surface area contributed by atoms with Gasteiger partial charge in [-0.05, 0) is 39.2 Å². The van der Waals surface area contributed by atoms with Crippen LogP contribution in [-0.4, -0.2) is 34.4 Å². The Balaban J connectivity index is 2.23. The predicted octanol–water partition coefficient (Wildman–Crippen LogP) is 1.39. The molecule has 1 saturated heterocycles. The van der Waals surface area contributed by atoms with Crippen LogP contribution in [-0.2, 0) is 16.4 Å². The van der Waals surface area contributed by atoms with Gasteiger partial charge in [-0.2, -0.15) is 0 Å². The lowest BCUT2D eigenvalue weighted by Gasteiger charge is -2.32. The van der Waals surface area contributed by atoms with Crippen LogP contribution < -0.4 is 5.73 Å². The first kappa shape index (κ1) is 14.3. The number of imidazole rings is 1. The summed E-state index contributed by atoms with van der Waals surface area (Å²) in [6.45, 7) is 8.50. The summed E-state index contributed by atoms with van der Waals surface area (Å²) in [6, 6.07) is 0. The number of rotatable bonds is 3. The Labute approximate surface area is 114 Å². The average molecular weight is 263 g/mol. The normalized spacial score (nSPS) is 22.0. The molecular weight excluding hydrogens is 241 g/mol. The maximum Gasteiger partial charge on any atom is 0.491 e. The lowest BCUT2D eigenvalue weighted by Crippen LogP contribution is -2.41. The Bertz CT molecular complexity index is 478. The largest absolute Gasteiger partial charge is 0.491 e. The molecule has 2 N–H and O–H groups in total. The van der Waals surface area contributed by atoms with Gasteiger partial charge in [-0.3, -0.25) is 0 Å². The van der Waals surface area contributed by atoms with Crippen LogP contribution in [0.15, 0.2) is 18.0 Å². The molecule has 0 unspecified atom stereocenters. The van der Waals surface area contributed by atoms with Crippen molar-refractivity contribution in [2.45, 2.75) is 38.9 Å². The van der Waals surface area contributed by atoms with Gasteiger partial charge in [0.05, 0.1) is 23.2 Å². The summed E-state index contributed by atoms with van der Waals surface area (Å²) in [7, 11) is 1.53. The monoisotopic (exact) mass is 263 g/mol. The zero-order valence-electron chi connectivity index (χ0n) is 12.3. The Hall–Kier alpha value is -1.11. The maximum absolute atomic E-state index is 5.99. The van der Waals surface area contributed by atoms with Crippen molar-refractivity contribution in [1.29, 1.82) is 0 Å². The van der Waals surface area contributed by atoms with Gasteiger partial charge in [0, 0.05) is 19.8 Å².